The lowest BCUT2D eigenvalue weighted by Crippen LogP contribution is -2.33. The Morgan fingerprint density at radius 1 is 1.12 bits per heavy atom. The average Bonchev–Trinajstić information content (AvgIpc) is 3.32. The van der Waals surface area contributed by atoms with Gasteiger partial charge in [0.25, 0.3) is 5.91 Å². The van der Waals surface area contributed by atoms with Crippen molar-refractivity contribution in [1.82, 2.24) is 24.8 Å². The van der Waals surface area contributed by atoms with E-state index in [0.29, 0.717) is 18.7 Å². The number of amides is 1. The van der Waals surface area contributed by atoms with E-state index in [-0.39, 0.29) is 5.91 Å². The molecule has 0 spiro atoms. The number of carbonyl (C=O) groups excluding carboxylic acids is 1. The van der Waals surface area contributed by atoms with Crippen LogP contribution in [0.1, 0.15) is 28.8 Å². The van der Waals surface area contributed by atoms with E-state index in [2.05, 4.69) is 32.3 Å². The maximum atomic E-state index is 12.4. The lowest BCUT2D eigenvalue weighted by atomic mass is 10.2. The maximum Gasteiger partial charge on any atom is 0.252 e. The molecular formula is C20H23N5O. The summed E-state index contributed by atoms with van der Waals surface area (Å²) < 4.78 is 2.00. The Hall–Kier alpha value is -2.73. The van der Waals surface area contributed by atoms with Crippen LogP contribution in [0, 0.1) is 0 Å². The van der Waals surface area contributed by atoms with Crippen LogP contribution in [0.5, 0.6) is 0 Å². The molecular weight excluding hydrogens is 326 g/mol. The van der Waals surface area contributed by atoms with Crippen LogP contribution in [0.4, 0.5) is 0 Å². The third-order valence-corrected chi connectivity index (χ3v) is 4.83. The van der Waals surface area contributed by atoms with E-state index in [0.717, 1.165) is 30.8 Å². The number of nitrogens with zero attached hydrogens (tertiary/aromatic N) is 4. The topological polar surface area (TPSA) is 63.1 Å². The van der Waals surface area contributed by atoms with E-state index >= 15 is 0 Å². The van der Waals surface area contributed by atoms with Gasteiger partial charge in [-0.15, -0.1) is 0 Å². The molecule has 0 bridgehead atoms. The first kappa shape index (κ1) is 16.7. The van der Waals surface area contributed by atoms with E-state index in [1.165, 1.54) is 18.4 Å². The summed E-state index contributed by atoms with van der Waals surface area (Å²) in [4.78, 5) is 23.6. The second-order valence-electron chi connectivity index (χ2n) is 6.73. The molecule has 134 valence electrons. The van der Waals surface area contributed by atoms with Crippen LogP contribution in [0.25, 0.3) is 11.2 Å². The minimum atomic E-state index is -0.0868. The number of hydrogen-bond acceptors (Lipinski definition) is 4. The van der Waals surface area contributed by atoms with Crippen LogP contribution in [0.2, 0.25) is 0 Å². The number of likely N-dealkylation sites (tertiary alicyclic amines) is 1. The molecule has 1 saturated heterocycles. The van der Waals surface area contributed by atoms with Crippen molar-refractivity contribution in [3.05, 3.63) is 60.0 Å². The monoisotopic (exact) mass is 349 g/mol. The molecule has 0 atom stereocenters. The molecule has 0 radical (unpaired) electrons. The highest BCUT2D eigenvalue weighted by Gasteiger charge is 2.13. The van der Waals surface area contributed by atoms with Gasteiger partial charge in [-0.2, -0.15) is 0 Å². The van der Waals surface area contributed by atoms with Gasteiger partial charge in [0.1, 0.15) is 5.52 Å². The van der Waals surface area contributed by atoms with Gasteiger partial charge < -0.3 is 14.8 Å². The standard InChI is InChI=1S/C20H23N5O/c26-20(21-8-11-24-9-4-5-10-24)17-12-18-19(22-13-17)25(15-23-18)14-16-6-2-1-3-7-16/h1-3,6-7,12-13,15H,4-5,8-11,14H2,(H,21,26). The van der Waals surface area contributed by atoms with E-state index in [9.17, 15) is 4.79 Å². The van der Waals surface area contributed by atoms with Gasteiger partial charge in [-0.05, 0) is 37.6 Å². The molecule has 0 unspecified atom stereocenters. The Kier molecular flexibility index (Phi) is 4.93. The van der Waals surface area contributed by atoms with Gasteiger partial charge in [-0.25, -0.2) is 9.97 Å². The Balaban J connectivity index is 1.41. The smallest absolute Gasteiger partial charge is 0.252 e. The number of nitrogens with one attached hydrogen (secondary N) is 1. The number of pyridine rings is 1. The van der Waals surface area contributed by atoms with Gasteiger partial charge in [-0.1, -0.05) is 30.3 Å². The molecule has 6 heteroatoms. The van der Waals surface area contributed by atoms with Gasteiger partial charge in [0.05, 0.1) is 18.4 Å². The summed E-state index contributed by atoms with van der Waals surface area (Å²) in [6.45, 7) is 4.57. The zero-order valence-corrected chi connectivity index (χ0v) is 14.8. The maximum absolute atomic E-state index is 12.4. The number of hydrogen-bond donors (Lipinski definition) is 1. The molecule has 0 aliphatic carbocycles. The molecule has 3 heterocycles. The predicted octanol–water partition coefficient (Wildman–Crippen LogP) is 2.31. The highest BCUT2D eigenvalue weighted by atomic mass is 16.1. The number of rotatable bonds is 6. The highest BCUT2D eigenvalue weighted by molar-refractivity contribution is 5.96. The van der Waals surface area contributed by atoms with Gasteiger partial charge in [-0.3, -0.25) is 4.79 Å². The van der Waals surface area contributed by atoms with Crippen molar-refractivity contribution in [2.45, 2.75) is 19.4 Å². The third kappa shape index (κ3) is 3.75. The van der Waals surface area contributed by atoms with E-state index in [1.807, 2.05) is 28.8 Å². The van der Waals surface area contributed by atoms with E-state index < -0.39 is 0 Å². The van der Waals surface area contributed by atoms with Crippen molar-refractivity contribution in [3.63, 3.8) is 0 Å². The third-order valence-electron chi connectivity index (χ3n) is 4.83. The molecule has 1 amide bonds. The minimum absolute atomic E-state index is 0.0868. The van der Waals surface area contributed by atoms with Crippen molar-refractivity contribution in [2.24, 2.45) is 0 Å². The van der Waals surface area contributed by atoms with Gasteiger partial charge in [0.15, 0.2) is 5.65 Å². The molecule has 2 aromatic heterocycles. The fourth-order valence-corrected chi connectivity index (χ4v) is 3.40. The van der Waals surface area contributed by atoms with Crippen molar-refractivity contribution < 1.29 is 4.79 Å². The normalized spacial score (nSPS) is 14.8. The largest absolute Gasteiger partial charge is 0.351 e. The van der Waals surface area contributed by atoms with Crippen LogP contribution in [0.3, 0.4) is 0 Å². The molecule has 1 aliphatic rings. The molecule has 4 rings (SSSR count). The first-order chi connectivity index (χ1) is 12.8. The Bertz CT molecular complexity index is 884. The van der Waals surface area contributed by atoms with Gasteiger partial charge in [0, 0.05) is 19.3 Å². The number of fused-ring (bicyclic) bond motifs is 1. The number of carbonyl (C=O) groups is 1. The second-order valence-corrected chi connectivity index (χ2v) is 6.73. The highest BCUT2D eigenvalue weighted by Crippen LogP contribution is 2.14. The summed E-state index contributed by atoms with van der Waals surface area (Å²) in [6, 6.07) is 12.0. The molecule has 1 N–H and O–H groups in total. The van der Waals surface area contributed by atoms with Crippen molar-refractivity contribution in [2.75, 3.05) is 26.2 Å². The average molecular weight is 349 g/mol. The molecule has 26 heavy (non-hydrogen) atoms. The first-order valence-electron chi connectivity index (χ1n) is 9.15. The van der Waals surface area contributed by atoms with Crippen LogP contribution in [0.15, 0.2) is 48.9 Å². The molecule has 1 aromatic carbocycles. The van der Waals surface area contributed by atoms with Crippen LogP contribution >= 0.6 is 0 Å². The number of benzene rings is 1. The fraction of sp³-hybridized carbons (Fsp3) is 0.350. The Labute approximate surface area is 152 Å². The quantitative estimate of drug-likeness (QED) is 0.742. The summed E-state index contributed by atoms with van der Waals surface area (Å²) in [5, 5.41) is 2.98. The Morgan fingerprint density at radius 3 is 2.73 bits per heavy atom. The molecule has 6 nitrogen and oxygen atoms in total. The zero-order chi connectivity index (χ0) is 17.8. The van der Waals surface area contributed by atoms with E-state index in [1.54, 1.807) is 12.5 Å². The Morgan fingerprint density at radius 2 is 1.92 bits per heavy atom. The van der Waals surface area contributed by atoms with E-state index in [4.69, 9.17) is 0 Å². The molecule has 3 aromatic rings. The summed E-state index contributed by atoms with van der Waals surface area (Å²) >= 11 is 0. The lowest BCUT2D eigenvalue weighted by molar-refractivity contribution is 0.0949. The van der Waals surface area contributed by atoms with Crippen molar-refractivity contribution in [1.29, 1.82) is 0 Å². The molecule has 1 aliphatic heterocycles. The SMILES string of the molecule is O=C(NCCN1CCCC1)c1cnc2c(c1)ncn2Cc1ccccc1. The fourth-order valence-electron chi connectivity index (χ4n) is 3.40. The zero-order valence-electron chi connectivity index (χ0n) is 14.8. The van der Waals surface area contributed by atoms with Crippen LogP contribution in [-0.4, -0.2) is 51.5 Å². The minimum Gasteiger partial charge on any atom is -0.351 e. The van der Waals surface area contributed by atoms with Gasteiger partial charge in [0.2, 0.25) is 0 Å². The lowest BCUT2D eigenvalue weighted by Gasteiger charge is -2.14. The van der Waals surface area contributed by atoms with Crippen LogP contribution < -0.4 is 5.32 Å². The number of aromatic nitrogens is 3. The van der Waals surface area contributed by atoms with Crippen LogP contribution in [-0.2, 0) is 6.54 Å². The predicted molar refractivity (Wildman–Crippen MR) is 101 cm³/mol. The van der Waals surface area contributed by atoms with Gasteiger partial charge >= 0.3 is 0 Å². The second kappa shape index (κ2) is 7.66. The summed E-state index contributed by atoms with van der Waals surface area (Å²) in [5.74, 6) is -0.0868. The van der Waals surface area contributed by atoms with Crippen molar-refractivity contribution >= 4 is 17.1 Å². The summed E-state index contributed by atoms with van der Waals surface area (Å²) in [5.41, 5.74) is 3.29. The number of imidazole rings is 1. The summed E-state index contributed by atoms with van der Waals surface area (Å²) in [6.07, 6.45) is 5.94. The first-order valence-corrected chi connectivity index (χ1v) is 9.15. The van der Waals surface area contributed by atoms with Crippen molar-refractivity contribution in [3.8, 4) is 0 Å². The molecule has 0 saturated carbocycles. The summed E-state index contributed by atoms with van der Waals surface area (Å²) in [7, 11) is 0. The molecule has 1 fully saturated rings.